The zero-order valence-electron chi connectivity index (χ0n) is 15.2. The van der Waals surface area contributed by atoms with Crippen LogP contribution in [0.1, 0.15) is 18.1 Å². The number of hydrogen-bond donors (Lipinski definition) is 1. The van der Waals surface area contributed by atoms with Gasteiger partial charge in [0.2, 0.25) is 10.9 Å². The van der Waals surface area contributed by atoms with E-state index in [1.54, 1.807) is 6.92 Å². The molecule has 0 saturated heterocycles. The van der Waals surface area contributed by atoms with Crippen molar-refractivity contribution < 1.29 is 14.8 Å². The third kappa shape index (κ3) is 5.24. The van der Waals surface area contributed by atoms with Crippen molar-refractivity contribution in [3.8, 4) is 11.5 Å². The van der Waals surface area contributed by atoms with Crippen LogP contribution < -0.4 is 4.74 Å². The molecule has 3 rings (SSSR count). The number of ether oxygens (including phenoxy) is 1. The molecule has 0 aliphatic rings. The van der Waals surface area contributed by atoms with E-state index in [9.17, 15) is 15.2 Å². The second-order valence-corrected chi connectivity index (χ2v) is 7.07. The maximum atomic E-state index is 11.2. The first kappa shape index (κ1) is 20.6. The van der Waals surface area contributed by atoms with Crippen molar-refractivity contribution in [2.45, 2.75) is 17.8 Å². The molecule has 9 nitrogen and oxygen atoms in total. The molecule has 0 unspecified atom stereocenters. The molecule has 0 spiro atoms. The van der Waals surface area contributed by atoms with Crippen molar-refractivity contribution >= 4 is 35.3 Å². The van der Waals surface area contributed by atoms with Crippen LogP contribution >= 0.6 is 23.4 Å². The van der Waals surface area contributed by atoms with E-state index in [-0.39, 0.29) is 12.4 Å². The molecule has 29 heavy (non-hydrogen) atoms. The fourth-order valence-electron chi connectivity index (χ4n) is 2.34. The average molecular weight is 434 g/mol. The third-order valence-electron chi connectivity index (χ3n) is 3.69. The molecule has 3 aromatic rings. The van der Waals surface area contributed by atoms with Gasteiger partial charge >= 0.3 is 5.69 Å². The summed E-state index contributed by atoms with van der Waals surface area (Å²) in [6.07, 6.45) is 2.84. The van der Waals surface area contributed by atoms with Crippen molar-refractivity contribution in [1.29, 1.82) is 0 Å². The molecule has 2 aromatic carbocycles. The number of phenolic OH excluding ortho intramolecular Hbond substituents is 1. The summed E-state index contributed by atoms with van der Waals surface area (Å²) in [7, 11) is 0. The Morgan fingerprint density at radius 3 is 2.83 bits per heavy atom. The summed E-state index contributed by atoms with van der Waals surface area (Å²) < 4.78 is 6.72. The SMILES string of the molecule is CCOc1cc(/C=N/n2cnnc2SCc2ccc(Cl)cc2)cc([N+](=O)[O-])c1O. The first-order chi connectivity index (χ1) is 14.0. The van der Waals surface area contributed by atoms with Crippen LogP contribution in [0.3, 0.4) is 0 Å². The van der Waals surface area contributed by atoms with Crippen molar-refractivity contribution in [3.05, 3.63) is 69.0 Å². The van der Waals surface area contributed by atoms with E-state index in [0.717, 1.165) is 5.56 Å². The standard InChI is InChI=1S/C18H16ClN5O4S/c1-2-28-16-8-13(7-15(17(16)25)24(26)27)9-21-23-11-20-22-18(23)29-10-12-3-5-14(19)6-4-12/h3-9,11,25H,2,10H2,1H3/b21-9+. The van der Waals surface area contributed by atoms with Crippen LogP contribution in [0.15, 0.2) is 53.0 Å². The van der Waals surface area contributed by atoms with Gasteiger partial charge in [-0.25, -0.2) is 0 Å². The minimum absolute atomic E-state index is 0.0178. The Hall–Kier alpha value is -3.11. The maximum absolute atomic E-state index is 11.2. The summed E-state index contributed by atoms with van der Waals surface area (Å²) in [4.78, 5) is 10.5. The van der Waals surface area contributed by atoms with Crippen LogP contribution in [0.4, 0.5) is 5.69 Å². The quantitative estimate of drug-likeness (QED) is 0.246. The van der Waals surface area contributed by atoms with E-state index in [1.807, 2.05) is 24.3 Å². The average Bonchev–Trinajstić information content (AvgIpc) is 3.15. The van der Waals surface area contributed by atoms with Crippen molar-refractivity contribution in [2.24, 2.45) is 5.10 Å². The Morgan fingerprint density at radius 1 is 1.38 bits per heavy atom. The van der Waals surface area contributed by atoms with Crippen LogP contribution in [-0.4, -0.2) is 37.7 Å². The normalized spacial score (nSPS) is 11.1. The van der Waals surface area contributed by atoms with Gasteiger partial charge in [-0.1, -0.05) is 35.5 Å². The third-order valence-corrected chi connectivity index (χ3v) is 4.94. The molecular weight excluding hydrogens is 418 g/mol. The number of nitro benzene ring substituents is 1. The summed E-state index contributed by atoms with van der Waals surface area (Å²) in [6.45, 7) is 1.97. The molecule has 1 N–H and O–H groups in total. The van der Waals surface area contributed by atoms with Crippen molar-refractivity contribution in [1.82, 2.24) is 14.9 Å². The van der Waals surface area contributed by atoms with Gasteiger partial charge in [-0.2, -0.15) is 9.78 Å². The first-order valence-corrected chi connectivity index (χ1v) is 9.80. The number of thioether (sulfide) groups is 1. The van der Waals surface area contributed by atoms with Gasteiger partial charge in [-0.3, -0.25) is 10.1 Å². The number of nitrogens with zero attached hydrogens (tertiary/aromatic N) is 5. The topological polar surface area (TPSA) is 116 Å². The highest BCUT2D eigenvalue weighted by atomic mass is 35.5. The second kappa shape index (κ2) is 9.39. The number of aromatic nitrogens is 3. The number of phenols is 1. The van der Waals surface area contributed by atoms with Gasteiger partial charge in [0.25, 0.3) is 0 Å². The van der Waals surface area contributed by atoms with E-state index in [1.165, 1.54) is 41.1 Å². The maximum Gasteiger partial charge on any atom is 0.315 e. The molecule has 0 fully saturated rings. The summed E-state index contributed by atoms with van der Waals surface area (Å²) in [6, 6.07) is 10.2. The summed E-state index contributed by atoms with van der Waals surface area (Å²) in [5.74, 6) is 0.145. The van der Waals surface area contributed by atoms with Crippen LogP contribution in [0, 0.1) is 10.1 Å². The van der Waals surface area contributed by atoms with Gasteiger partial charge in [0, 0.05) is 22.4 Å². The van der Waals surface area contributed by atoms with Gasteiger partial charge in [-0.15, -0.1) is 10.2 Å². The highest BCUT2D eigenvalue weighted by molar-refractivity contribution is 7.98. The molecule has 0 atom stereocenters. The smallest absolute Gasteiger partial charge is 0.315 e. The van der Waals surface area contributed by atoms with Crippen LogP contribution in [0.2, 0.25) is 5.02 Å². The minimum atomic E-state index is -0.679. The molecule has 0 aliphatic heterocycles. The van der Waals surface area contributed by atoms with Gasteiger partial charge in [0.15, 0.2) is 5.75 Å². The molecule has 150 valence electrons. The van der Waals surface area contributed by atoms with Gasteiger partial charge in [0.05, 0.1) is 17.7 Å². The molecule has 0 saturated carbocycles. The highest BCUT2D eigenvalue weighted by Gasteiger charge is 2.19. The monoisotopic (exact) mass is 433 g/mol. The largest absolute Gasteiger partial charge is 0.500 e. The molecule has 1 heterocycles. The molecule has 0 amide bonds. The lowest BCUT2D eigenvalue weighted by molar-refractivity contribution is -0.386. The Morgan fingerprint density at radius 2 is 2.14 bits per heavy atom. The number of aromatic hydroxyl groups is 1. The number of rotatable bonds is 8. The fraction of sp³-hybridized carbons (Fsp3) is 0.167. The predicted octanol–water partition coefficient (Wildman–Crippen LogP) is 4.12. The zero-order valence-corrected chi connectivity index (χ0v) is 16.8. The lowest BCUT2D eigenvalue weighted by Crippen LogP contribution is -1.98. The second-order valence-electron chi connectivity index (χ2n) is 5.69. The van der Waals surface area contributed by atoms with Crippen molar-refractivity contribution in [2.75, 3.05) is 6.61 Å². The van der Waals surface area contributed by atoms with E-state index < -0.39 is 16.4 Å². The summed E-state index contributed by atoms with van der Waals surface area (Å²) >= 11 is 7.32. The molecule has 0 bridgehead atoms. The minimum Gasteiger partial charge on any atom is -0.500 e. The van der Waals surface area contributed by atoms with E-state index in [0.29, 0.717) is 21.5 Å². The van der Waals surface area contributed by atoms with Crippen LogP contribution in [0.5, 0.6) is 11.5 Å². The number of nitro groups is 1. The molecule has 0 radical (unpaired) electrons. The van der Waals surface area contributed by atoms with E-state index >= 15 is 0 Å². The molecule has 1 aromatic heterocycles. The van der Waals surface area contributed by atoms with Crippen molar-refractivity contribution in [3.63, 3.8) is 0 Å². The Balaban J connectivity index is 1.79. The summed E-state index contributed by atoms with van der Waals surface area (Å²) in [5.41, 5.74) is 0.993. The predicted molar refractivity (Wildman–Crippen MR) is 110 cm³/mol. The number of hydrogen-bond acceptors (Lipinski definition) is 8. The molecule has 0 aliphatic carbocycles. The summed E-state index contributed by atoms with van der Waals surface area (Å²) in [5, 5.41) is 34.5. The Kier molecular flexibility index (Phi) is 6.68. The fourth-order valence-corrected chi connectivity index (χ4v) is 3.29. The van der Waals surface area contributed by atoms with Gasteiger partial charge in [0.1, 0.15) is 6.33 Å². The van der Waals surface area contributed by atoms with Gasteiger partial charge in [-0.05, 0) is 30.7 Å². The van der Waals surface area contributed by atoms with E-state index in [4.69, 9.17) is 16.3 Å². The first-order valence-electron chi connectivity index (χ1n) is 8.43. The zero-order chi connectivity index (χ0) is 20.8. The Labute approximate surface area is 175 Å². The highest BCUT2D eigenvalue weighted by Crippen LogP contribution is 2.36. The molecular formula is C18H16ClN5O4S. The molecule has 11 heteroatoms. The lowest BCUT2D eigenvalue weighted by Gasteiger charge is -2.07. The lowest BCUT2D eigenvalue weighted by atomic mass is 10.2. The van der Waals surface area contributed by atoms with Gasteiger partial charge < -0.3 is 9.84 Å². The van der Waals surface area contributed by atoms with Crippen LogP contribution in [-0.2, 0) is 5.75 Å². The number of benzene rings is 2. The number of halogens is 1. The van der Waals surface area contributed by atoms with E-state index in [2.05, 4.69) is 15.3 Å². The Bertz CT molecular complexity index is 1040. The van der Waals surface area contributed by atoms with Crippen LogP contribution in [0.25, 0.3) is 0 Å².